The van der Waals surface area contributed by atoms with Gasteiger partial charge >= 0.3 is 5.97 Å². The van der Waals surface area contributed by atoms with Crippen molar-refractivity contribution in [1.29, 1.82) is 0 Å². The average Bonchev–Trinajstić information content (AvgIpc) is 2.79. The van der Waals surface area contributed by atoms with Crippen molar-refractivity contribution < 1.29 is 22.7 Å². The van der Waals surface area contributed by atoms with Crippen molar-refractivity contribution in [3.8, 4) is 0 Å². The van der Waals surface area contributed by atoms with E-state index in [1.165, 1.54) is 12.1 Å². The van der Waals surface area contributed by atoms with Crippen LogP contribution in [0.3, 0.4) is 0 Å². The van der Waals surface area contributed by atoms with E-state index < -0.39 is 16.1 Å². The summed E-state index contributed by atoms with van der Waals surface area (Å²) in [7, 11) is -3.90. The highest BCUT2D eigenvalue weighted by Gasteiger charge is 2.33. The first kappa shape index (κ1) is 24.4. The number of nitrogens with zero attached hydrogens (tertiary/aromatic N) is 1. The number of piperidine rings is 1. The molecule has 0 aromatic heterocycles. The summed E-state index contributed by atoms with van der Waals surface area (Å²) in [6.07, 6.45) is 1.23. The molecule has 0 spiro atoms. The molecule has 1 N–H and O–H groups in total. The van der Waals surface area contributed by atoms with E-state index in [0.29, 0.717) is 32.5 Å². The van der Waals surface area contributed by atoms with Crippen molar-refractivity contribution in [2.45, 2.75) is 37.1 Å². The van der Waals surface area contributed by atoms with Gasteiger partial charge in [-0.25, -0.2) is 8.42 Å². The van der Waals surface area contributed by atoms with Gasteiger partial charge in [-0.1, -0.05) is 46.3 Å². The van der Waals surface area contributed by atoms with Crippen LogP contribution in [0.2, 0.25) is 0 Å². The highest BCUT2D eigenvalue weighted by atomic mass is 79.9. The molecule has 0 saturated carbocycles. The normalized spacial score (nSPS) is 15.9. The zero-order valence-corrected chi connectivity index (χ0v) is 20.3. The Morgan fingerprint density at radius 1 is 1.09 bits per heavy atom. The van der Waals surface area contributed by atoms with Crippen molar-refractivity contribution in [3.63, 3.8) is 0 Å². The number of likely N-dealkylation sites (tertiary alicyclic amines) is 1. The number of benzene rings is 2. The van der Waals surface area contributed by atoms with Crippen LogP contribution in [0.15, 0.2) is 64.0 Å². The molecular weight excluding hydrogens is 496 g/mol. The van der Waals surface area contributed by atoms with Gasteiger partial charge in [0.05, 0.1) is 17.4 Å². The number of halogens is 1. The Morgan fingerprint density at radius 2 is 1.72 bits per heavy atom. The maximum Gasteiger partial charge on any atom is 0.309 e. The fourth-order valence-electron chi connectivity index (χ4n) is 3.71. The first-order valence-corrected chi connectivity index (χ1v) is 12.8. The number of amides is 1. The molecule has 1 aliphatic rings. The average molecular weight is 523 g/mol. The van der Waals surface area contributed by atoms with Crippen molar-refractivity contribution in [2.24, 2.45) is 5.92 Å². The molecule has 2 aromatic carbocycles. The minimum absolute atomic E-state index is 0.0904. The summed E-state index contributed by atoms with van der Waals surface area (Å²) in [5.74, 6) is -0.765. The number of ether oxygens (including phenoxy) is 1. The van der Waals surface area contributed by atoms with E-state index in [1.807, 2.05) is 30.3 Å². The fraction of sp³-hybridized carbons (Fsp3) is 0.391. The highest BCUT2D eigenvalue weighted by molar-refractivity contribution is 9.10. The van der Waals surface area contributed by atoms with Gasteiger partial charge in [0.2, 0.25) is 15.9 Å². The molecule has 3 rings (SSSR count). The minimum Gasteiger partial charge on any atom is -0.466 e. The lowest BCUT2D eigenvalue weighted by Crippen LogP contribution is -2.52. The van der Waals surface area contributed by atoms with Crippen LogP contribution in [0.1, 0.15) is 25.3 Å². The quantitative estimate of drug-likeness (QED) is 0.537. The van der Waals surface area contributed by atoms with Gasteiger partial charge in [-0.3, -0.25) is 9.59 Å². The Balaban J connectivity index is 1.76. The summed E-state index contributed by atoms with van der Waals surface area (Å²) < 4.78 is 34.4. The third kappa shape index (κ3) is 6.40. The zero-order valence-electron chi connectivity index (χ0n) is 17.9. The van der Waals surface area contributed by atoms with E-state index in [-0.39, 0.29) is 29.1 Å². The second-order valence-electron chi connectivity index (χ2n) is 7.67. The summed E-state index contributed by atoms with van der Waals surface area (Å²) in [6.45, 7) is 2.86. The molecule has 32 heavy (non-hydrogen) atoms. The topological polar surface area (TPSA) is 92.8 Å². The van der Waals surface area contributed by atoms with Gasteiger partial charge in [-0.05, 0) is 56.0 Å². The number of sulfonamides is 1. The molecule has 1 fully saturated rings. The minimum atomic E-state index is -3.90. The van der Waals surface area contributed by atoms with E-state index in [1.54, 1.807) is 24.0 Å². The van der Waals surface area contributed by atoms with Gasteiger partial charge in [-0.2, -0.15) is 4.72 Å². The molecule has 2 aromatic rings. The zero-order chi connectivity index (χ0) is 23.1. The molecule has 1 heterocycles. The largest absolute Gasteiger partial charge is 0.466 e. The Bertz CT molecular complexity index is 1020. The first-order valence-electron chi connectivity index (χ1n) is 10.6. The summed E-state index contributed by atoms with van der Waals surface area (Å²) in [6, 6.07) is 14.6. The van der Waals surface area contributed by atoms with Gasteiger partial charge in [-0.15, -0.1) is 0 Å². The van der Waals surface area contributed by atoms with Gasteiger partial charge < -0.3 is 9.64 Å². The number of carbonyl (C=O) groups excluding carboxylic acids is 2. The van der Waals surface area contributed by atoms with E-state index in [2.05, 4.69) is 20.7 Å². The van der Waals surface area contributed by atoms with Crippen LogP contribution in [-0.2, 0) is 30.8 Å². The number of hydrogen-bond donors (Lipinski definition) is 1. The SMILES string of the molecule is CCOC(=O)C1CCN(C(=O)[C@H](Cc2ccccc2)NS(=O)(=O)c2ccc(Br)cc2)CC1. The third-order valence-corrected chi connectivity index (χ3v) is 7.44. The van der Waals surface area contributed by atoms with Crippen molar-refractivity contribution in [3.05, 3.63) is 64.6 Å². The Morgan fingerprint density at radius 3 is 2.31 bits per heavy atom. The lowest BCUT2D eigenvalue weighted by atomic mass is 9.96. The van der Waals surface area contributed by atoms with Crippen LogP contribution in [-0.4, -0.2) is 50.9 Å². The molecule has 1 aliphatic heterocycles. The maximum absolute atomic E-state index is 13.3. The molecule has 172 valence electrons. The van der Waals surface area contributed by atoms with Gasteiger partial charge in [0.15, 0.2) is 0 Å². The molecular formula is C23H27BrN2O5S. The first-order chi connectivity index (χ1) is 15.3. The van der Waals surface area contributed by atoms with Crippen LogP contribution < -0.4 is 4.72 Å². The molecule has 1 saturated heterocycles. The van der Waals surface area contributed by atoms with Crippen molar-refractivity contribution in [1.82, 2.24) is 9.62 Å². The van der Waals surface area contributed by atoms with Gasteiger partial charge in [0, 0.05) is 17.6 Å². The summed E-state index contributed by atoms with van der Waals surface area (Å²) in [5, 5.41) is 0. The summed E-state index contributed by atoms with van der Waals surface area (Å²) in [5.41, 5.74) is 0.853. The highest BCUT2D eigenvalue weighted by Crippen LogP contribution is 2.21. The third-order valence-electron chi connectivity index (χ3n) is 5.43. The monoisotopic (exact) mass is 522 g/mol. The van der Waals surface area contributed by atoms with Crippen molar-refractivity contribution in [2.75, 3.05) is 19.7 Å². The van der Waals surface area contributed by atoms with Crippen molar-refractivity contribution >= 4 is 37.8 Å². The molecule has 1 atom stereocenters. The number of nitrogens with one attached hydrogen (secondary N) is 1. The molecule has 0 unspecified atom stereocenters. The molecule has 0 radical (unpaired) electrons. The van der Waals surface area contributed by atoms with E-state index >= 15 is 0 Å². The van der Waals surface area contributed by atoms with Crippen LogP contribution in [0, 0.1) is 5.92 Å². The van der Waals surface area contributed by atoms with Crippen LogP contribution in [0.25, 0.3) is 0 Å². The Hall–Kier alpha value is -2.23. The number of rotatable bonds is 8. The smallest absolute Gasteiger partial charge is 0.309 e. The van der Waals surface area contributed by atoms with Gasteiger partial charge in [0.1, 0.15) is 6.04 Å². The predicted octanol–water partition coefficient (Wildman–Crippen LogP) is 3.14. The summed E-state index contributed by atoms with van der Waals surface area (Å²) in [4.78, 5) is 27.1. The second kappa shape index (κ2) is 11.1. The lowest BCUT2D eigenvalue weighted by molar-refractivity contribution is -0.151. The van der Waals surface area contributed by atoms with Crippen LogP contribution in [0.5, 0.6) is 0 Å². The predicted molar refractivity (Wildman–Crippen MR) is 124 cm³/mol. The number of esters is 1. The standard InChI is InChI=1S/C23H27BrN2O5S/c1-2-31-23(28)18-12-14-26(15-13-18)22(27)21(16-17-6-4-3-5-7-17)25-32(29,30)20-10-8-19(24)9-11-20/h3-11,18,21,25H,2,12-16H2,1H3/t21-/m0/s1. The molecule has 0 bridgehead atoms. The number of carbonyl (C=O) groups is 2. The Kier molecular flexibility index (Phi) is 8.44. The molecule has 7 nitrogen and oxygen atoms in total. The molecule has 0 aliphatic carbocycles. The maximum atomic E-state index is 13.3. The lowest BCUT2D eigenvalue weighted by Gasteiger charge is -2.33. The fourth-order valence-corrected chi connectivity index (χ4v) is 5.17. The van der Waals surface area contributed by atoms with Crippen LogP contribution in [0.4, 0.5) is 0 Å². The van der Waals surface area contributed by atoms with Gasteiger partial charge in [0.25, 0.3) is 0 Å². The second-order valence-corrected chi connectivity index (χ2v) is 10.3. The van der Waals surface area contributed by atoms with E-state index in [4.69, 9.17) is 4.74 Å². The Labute approximate surface area is 197 Å². The molecule has 1 amide bonds. The van der Waals surface area contributed by atoms with Crippen LogP contribution >= 0.6 is 15.9 Å². The number of hydrogen-bond acceptors (Lipinski definition) is 5. The van der Waals surface area contributed by atoms with E-state index in [9.17, 15) is 18.0 Å². The molecule has 9 heteroatoms. The van der Waals surface area contributed by atoms with E-state index in [0.717, 1.165) is 10.0 Å². The summed E-state index contributed by atoms with van der Waals surface area (Å²) >= 11 is 3.30.